The Balaban J connectivity index is 1.74. The van der Waals surface area contributed by atoms with Gasteiger partial charge < -0.3 is 15.4 Å². The Morgan fingerprint density at radius 1 is 1.35 bits per heavy atom. The lowest BCUT2D eigenvalue weighted by Gasteiger charge is -2.12. The molecule has 2 aromatic rings. The second-order valence-corrected chi connectivity index (χ2v) is 8.23. The fraction of sp³-hybridized carbons (Fsp3) is 0.389. The smallest absolute Gasteiger partial charge is 0.275 e. The van der Waals surface area contributed by atoms with Crippen molar-refractivity contribution in [1.29, 1.82) is 0 Å². The minimum Gasteiger partial charge on any atom is -0.348 e. The third-order valence-electron chi connectivity index (χ3n) is 4.14. The number of epoxide rings is 1. The molecule has 1 aromatic carbocycles. The molecular weight excluding hydrogens is 418 g/mol. The summed E-state index contributed by atoms with van der Waals surface area (Å²) in [5.41, 5.74) is 2.14. The van der Waals surface area contributed by atoms with Crippen molar-refractivity contribution in [3.05, 3.63) is 38.8 Å². The molecule has 2 N–H and O–H groups in total. The number of carbonyl (C=O) groups is 2. The molecule has 6 nitrogen and oxygen atoms in total. The number of aryl methyl sites for hydroxylation is 1. The molecule has 3 rings (SSSR count). The number of anilines is 2. The molecule has 0 bridgehead atoms. The number of ether oxygens (including phenoxy) is 1. The highest BCUT2D eigenvalue weighted by atomic mass is 79.9. The normalized spacial score (nSPS) is 18.7. The average Bonchev–Trinajstić information content (AvgIpc) is 3.18. The molecule has 0 aliphatic carbocycles. The molecule has 1 amide bonds. The van der Waals surface area contributed by atoms with Crippen molar-refractivity contribution in [1.82, 2.24) is 4.98 Å². The van der Waals surface area contributed by atoms with Crippen molar-refractivity contribution in [2.24, 2.45) is 5.92 Å². The molecule has 2 unspecified atom stereocenters. The molecular formula is C18H20BrN3O3S. The van der Waals surface area contributed by atoms with Gasteiger partial charge in [0.25, 0.3) is 5.91 Å². The van der Waals surface area contributed by atoms with E-state index in [-0.39, 0.29) is 24.0 Å². The zero-order chi connectivity index (χ0) is 19.0. The molecule has 8 heteroatoms. The van der Waals surface area contributed by atoms with Crippen LogP contribution in [0, 0.1) is 12.8 Å². The largest absolute Gasteiger partial charge is 0.348 e. The van der Waals surface area contributed by atoms with Crippen molar-refractivity contribution in [2.75, 3.05) is 10.6 Å². The summed E-state index contributed by atoms with van der Waals surface area (Å²) in [6.45, 7) is 7.56. The Hall–Kier alpha value is -1.77. The zero-order valence-corrected chi connectivity index (χ0v) is 17.3. The van der Waals surface area contributed by atoms with Crippen LogP contribution < -0.4 is 10.6 Å². The van der Waals surface area contributed by atoms with Gasteiger partial charge >= 0.3 is 0 Å². The summed E-state index contributed by atoms with van der Waals surface area (Å²) in [7, 11) is 0. The van der Waals surface area contributed by atoms with E-state index < -0.39 is 0 Å². The van der Waals surface area contributed by atoms with Crippen LogP contribution in [0.4, 0.5) is 10.8 Å². The predicted octanol–water partition coefficient (Wildman–Crippen LogP) is 4.46. The van der Waals surface area contributed by atoms with E-state index in [9.17, 15) is 9.59 Å². The molecule has 26 heavy (non-hydrogen) atoms. The minimum absolute atomic E-state index is 0.0488. The highest BCUT2D eigenvalue weighted by molar-refractivity contribution is 9.10. The summed E-state index contributed by atoms with van der Waals surface area (Å²) >= 11 is 4.80. The van der Waals surface area contributed by atoms with Gasteiger partial charge in [0.05, 0.1) is 5.69 Å². The number of ketones is 1. The van der Waals surface area contributed by atoms with E-state index in [1.54, 1.807) is 11.4 Å². The number of Topliss-reactive ketones (excluding diaryl/α,β-unsaturated/α-hetero) is 1. The maximum Gasteiger partial charge on any atom is 0.275 e. The molecule has 0 spiro atoms. The Kier molecular flexibility index (Phi) is 5.45. The number of rotatable bonds is 6. The molecule has 2 heterocycles. The Morgan fingerprint density at radius 3 is 2.69 bits per heavy atom. The first-order chi connectivity index (χ1) is 12.3. The van der Waals surface area contributed by atoms with Crippen LogP contribution in [0.1, 0.15) is 47.2 Å². The maximum absolute atomic E-state index is 12.6. The van der Waals surface area contributed by atoms with Crippen molar-refractivity contribution >= 4 is 49.8 Å². The molecule has 1 aliphatic heterocycles. The van der Waals surface area contributed by atoms with Crippen LogP contribution in [0.3, 0.4) is 0 Å². The third kappa shape index (κ3) is 3.97. The third-order valence-corrected chi connectivity index (χ3v) is 5.93. The van der Waals surface area contributed by atoms with E-state index in [0.29, 0.717) is 32.5 Å². The maximum atomic E-state index is 12.6. The number of nitrogens with zero attached hydrogens (tertiary/aromatic N) is 1. The van der Waals surface area contributed by atoms with Crippen LogP contribution in [0.15, 0.2) is 22.0 Å². The van der Waals surface area contributed by atoms with Gasteiger partial charge in [0.1, 0.15) is 11.8 Å². The summed E-state index contributed by atoms with van der Waals surface area (Å²) in [5.74, 6) is -0.0497. The quantitative estimate of drug-likeness (QED) is 0.514. The molecule has 2 atom stereocenters. The van der Waals surface area contributed by atoms with Crippen LogP contribution in [0.5, 0.6) is 0 Å². The van der Waals surface area contributed by atoms with Crippen LogP contribution in [0.25, 0.3) is 0 Å². The zero-order valence-electron chi connectivity index (χ0n) is 14.9. The van der Waals surface area contributed by atoms with Crippen molar-refractivity contribution in [3.8, 4) is 0 Å². The van der Waals surface area contributed by atoms with Gasteiger partial charge in [-0.1, -0.05) is 19.9 Å². The van der Waals surface area contributed by atoms with Gasteiger partial charge in [0, 0.05) is 15.4 Å². The van der Waals surface area contributed by atoms with E-state index in [2.05, 4.69) is 45.4 Å². The fourth-order valence-electron chi connectivity index (χ4n) is 2.59. The Labute approximate surface area is 164 Å². The van der Waals surface area contributed by atoms with E-state index in [4.69, 9.17) is 4.74 Å². The van der Waals surface area contributed by atoms with Gasteiger partial charge in [0.2, 0.25) is 0 Å². The summed E-state index contributed by atoms with van der Waals surface area (Å²) < 4.78 is 6.22. The number of halogens is 1. The number of amides is 1. The fourth-order valence-corrected chi connectivity index (χ4v) is 3.75. The second kappa shape index (κ2) is 7.46. The molecule has 138 valence electrons. The molecule has 0 saturated carbocycles. The van der Waals surface area contributed by atoms with E-state index in [1.807, 2.05) is 13.0 Å². The first-order valence-corrected chi connectivity index (χ1v) is 9.94. The SMILES string of the molecule is CC(=O)c1ccc(C)c(Br)c1NC(=O)c1csc(NC2OC2C(C)C)n1. The first kappa shape index (κ1) is 19.0. The standard InChI is InChI=1S/C18H20BrN3O3S/c1-8(2)15-17(25-15)22-18-20-12(7-26-18)16(24)21-14-11(10(4)23)6-5-9(3)13(14)19/h5-8,15,17H,1-4H3,(H,20,22)(H,21,24). The number of thiazole rings is 1. The van der Waals surface area contributed by atoms with Gasteiger partial charge in [0.15, 0.2) is 17.1 Å². The van der Waals surface area contributed by atoms with Gasteiger partial charge in [-0.3, -0.25) is 9.59 Å². The van der Waals surface area contributed by atoms with Gasteiger partial charge in [-0.25, -0.2) is 4.98 Å². The monoisotopic (exact) mass is 437 g/mol. The van der Waals surface area contributed by atoms with E-state index in [0.717, 1.165) is 5.56 Å². The highest BCUT2D eigenvalue weighted by Crippen LogP contribution is 2.33. The van der Waals surface area contributed by atoms with Gasteiger partial charge in [-0.2, -0.15) is 0 Å². The highest BCUT2D eigenvalue weighted by Gasteiger charge is 2.41. The number of hydrogen-bond acceptors (Lipinski definition) is 6. The molecule has 0 radical (unpaired) electrons. The van der Waals surface area contributed by atoms with E-state index in [1.165, 1.54) is 18.3 Å². The lowest BCUT2D eigenvalue weighted by atomic mass is 10.1. The number of carbonyl (C=O) groups excluding carboxylic acids is 2. The summed E-state index contributed by atoms with van der Waals surface area (Å²) in [5, 5.41) is 8.30. The van der Waals surface area contributed by atoms with Crippen LogP contribution in [0.2, 0.25) is 0 Å². The Bertz CT molecular complexity index is 865. The van der Waals surface area contributed by atoms with Crippen molar-refractivity contribution < 1.29 is 14.3 Å². The van der Waals surface area contributed by atoms with Crippen LogP contribution >= 0.6 is 27.3 Å². The Morgan fingerprint density at radius 2 is 2.08 bits per heavy atom. The summed E-state index contributed by atoms with van der Waals surface area (Å²) in [4.78, 5) is 28.8. The number of nitrogens with one attached hydrogen (secondary N) is 2. The average molecular weight is 438 g/mol. The number of benzene rings is 1. The topological polar surface area (TPSA) is 83.6 Å². The van der Waals surface area contributed by atoms with Crippen LogP contribution in [-0.2, 0) is 4.74 Å². The van der Waals surface area contributed by atoms with Gasteiger partial charge in [-0.15, -0.1) is 11.3 Å². The molecule has 1 aromatic heterocycles. The lowest BCUT2D eigenvalue weighted by Crippen LogP contribution is -2.16. The summed E-state index contributed by atoms with van der Waals surface area (Å²) in [6.07, 6.45) is 0.129. The first-order valence-electron chi connectivity index (χ1n) is 8.27. The van der Waals surface area contributed by atoms with Gasteiger partial charge in [-0.05, 0) is 47.3 Å². The van der Waals surface area contributed by atoms with Crippen LogP contribution in [-0.4, -0.2) is 29.0 Å². The van der Waals surface area contributed by atoms with Crippen molar-refractivity contribution in [2.45, 2.75) is 40.0 Å². The number of hydrogen-bond donors (Lipinski definition) is 2. The van der Waals surface area contributed by atoms with Crippen molar-refractivity contribution in [3.63, 3.8) is 0 Å². The molecule has 1 fully saturated rings. The lowest BCUT2D eigenvalue weighted by molar-refractivity contribution is 0.101. The van der Waals surface area contributed by atoms with E-state index >= 15 is 0 Å². The number of aromatic nitrogens is 1. The predicted molar refractivity (Wildman–Crippen MR) is 106 cm³/mol. The second-order valence-electron chi connectivity index (χ2n) is 6.58. The molecule has 1 aliphatic rings. The molecule has 1 saturated heterocycles. The minimum atomic E-state index is -0.361. The summed E-state index contributed by atoms with van der Waals surface area (Å²) in [6, 6.07) is 3.55.